The van der Waals surface area contributed by atoms with Gasteiger partial charge in [-0.15, -0.1) is 0 Å². The third-order valence-electron chi connectivity index (χ3n) is 4.53. The van der Waals surface area contributed by atoms with Crippen molar-refractivity contribution in [1.82, 2.24) is 29.9 Å². The lowest BCUT2D eigenvalue weighted by Gasteiger charge is -2.16. The van der Waals surface area contributed by atoms with Gasteiger partial charge in [0.25, 0.3) is 5.91 Å². The van der Waals surface area contributed by atoms with Gasteiger partial charge in [0, 0.05) is 24.8 Å². The lowest BCUT2D eigenvalue weighted by molar-refractivity contribution is 0.0939. The molecule has 0 saturated carbocycles. The van der Waals surface area contributed by atoms with Gasteiger partial charge in [0.05, 0.1) is 17.8 Å². The number of hydrogen-bond donors (Lipinski definition) is 1. The Bertz CT molecular complexity index is 1150. The van der Waals surface area contributed by atoms with Crippen LogP contribution in [0.25, 0.3) is 11.5 Å². The van der Waals surface area contributed by atoms with Gasteiger partial charge in [-0.1, -0.05) is 6.07 Å². The molecule has 4 aromatic rings. The Balaban J connectivity index is 1.55. The van der Waals surface area contributed by atoms with Crippen LogP contribution in [-0.4, -0.2) is 30.5 Å². The molecule has 0 aliphatic carbocycles. The molecule has 0 radical (unpaired) electrons. The molecule has 1 aromatic carbocycles. The molecule has 4 rings (SSSR count). The normalized spacial score (nSPS) is 12.0. The minimum atomic E-state index is -0.412. The van der Waals surface area contributed by atoms with E-state index < -0.39 is 11.9 Å². The third kappa shape index (κ3) is 3.77. The van der Waals surface area contributed by atoms with Crippen LogP contribution in [0.3, 0.4) is 0 Å². The summed E-state index contributed by atoms with van der Waals surface area (Å²) in [5, 5.41) is 11.2. The van der Waals surface area contributed by atoms with Crippen molar-refractivity contribution in [1.29, 1.82) is 0 Å². The van der Waals surface area contributed by atoms with Crippen LogP contribution >= 0.6 is 0 Å². The topological polar surface area (TPSA) is 77.6 Å². The van der Waals surface area contributed by atoms with E-state index in [4.69, 9.17) is 0 Å². The maximum Gasteiger partial charge on any atom is 0.255 e. The SMILES string of the molecule is Cc1cnn(-c2ccc(C(C)NC(=O)c3cccnc3-n3cccn3)cc2F)c1. The number of carbonyl (C=O) groups excluding carboxylic acids is 1. The van der Waals surface area contributed by atoms with Crippen LogP contribution in [0, 0.1) is 12.7 Å². The van der Waals surface area contributed by atoms with E-state index >= 15 is 0 Å². The number of pyridine rings is 1. The molecule has 0 fully saturated rings. The largest absolute Gasteiger partial charge is 0.345 e. The first-order chi connectivity index (χ1) is 14.0. The minimum Gasteiger partial charge on any atom is -0.345 e. The van der Waals surface area contributed by atoms with E-state index in [0.29, 0.717) is 22.6 Å². The minimum absolute atomic E-state index is 0.316. The predicted octanol–water partition coefficient (Wildman–Crippen LogP) is 3.39. The number of nitrogens with one attached hydrogen (secondary N) is 1. The fourth-order valence-corrected chi connectivity index (χ4v) is 3.03. The van der Waals surface area contributed by atoms with Crippen molar-refractivity contribution in [3.63, 3.8) is 0 Å². The number of nitrogens with zero attached hydrogens (tertiary/aromatic N) is 5. The van der Waals surface area contributed by atoms with Gasteiger partial charge >= 0.3 is 0 Å². The van der Waals surface area contributed by atoms with Gasteiger partial charge in [-0.2, -0.15) is 10.2 Å². The number of aryl methyl sites for hydroxylation is 1. The van der Waals surface area contributed by atoms with E-state index in [9.17, 15) is 9.18 Å². The lowest BCUT2D eigenvalue weighted by Crippen LogP contribution is -2.28. The first-order valence-electron chi connectivity index (χ1n) is 9.10. The van der Waals surface area contributed by atoms with Gasteiger partial charge in [-0.25, -0.2) is 18.7 Å². The number of benzene rings is 1. The molecule has 0 aliphatic rings. The molecular formula is C21H19FN6O. The highest BCUT2D eigenvalue weighted by atomic mass is 19.1. The number of halogens is 1. The quantitative estimate of drug-likeness (QED) is 0.567. The number of aromatic nitrogens is 5. The van der Waals surface area contributed by atoms with Crippen molar-refractivity contribution >= 4 is 5.91 Å². The van der Waals surface area contributed by atoms with Crippen molar-refractivity contribution in [3.05, 3.63) is 89.9 Å². The smallest absolute Gasteiger partial charge is 0.255 e. The molecule has 146 valence electrons. The second-order valence-corrected chi connectivity index (χ2v) is 6.69. The highest BCUT2D eigenvalue weighted by Crippen LogP contribution is 2.20. The Morgan fingerprint density at radius 1 is 1.14 bits per heavy atom. The number of hydrogen-bond acceptors (Lipinski definition) is 4. The van der Waals surface area contributed by atoms with Crippen LogP contribution in [0.15, 0.2) is 67.4 Å². The Kier molecular flexibility index (Phi) is 4.90. The van der Waals surface area contributed by atoms with Gasteiger partial charge < -0.3 is 5.32 Å². The Morgan fingerprint density at radius 2 is 2.00 bits per heavy atom. The fourth-order valence-electron chi connectivity index (χ4n) is 3.03. The van der Waals surface area contributed by atoms with Gasteiger partial charge in [-0.05, 0) is 55.3 Å². The van der Waals surface area contributed by atoms with Crippen molar-refractivity contribution in [2.75, 3.05) is 0 Å². The van der Waals surface area contributed by atoms with Crippen LogP contribution in [0.2, 0.25) is 0 Å². The second kappa shape index (κ2) is 7.67. The predicted molar refractivity (Wildman–Crippen MR) is 105 cm³/mol. The molecule has 1 unspecified atom stereocenters. The lowest BCUT2D eigenvalue weighted by atomic mass is 10.1. The van der Waals surface area contributed by atoms with E-state index in [-0.39, 0.29) is 5.91 Å². The molecule has 0 aliphatic heterocycles. The molecule has 1 atom stereocenters. The van der Waals surface area contributed by atoms with Crippen LogP contribution < -0.4 is 5.32 Å². The summed E-state index contributed by atoms with van der Waals surface area (Å²) in [6.07, 6.45) is 8.35. The average molecular weight is 390 g/mol. The first kappa shape index (κ1) is 18.5. The molecule has 0 bridgehead atoms. The summed E-state index contributed by atoms with van der Waals surface area (Å²) in [6, 6.07) is 9.55. The summed E-state index contributed by atoms with van der Waals surface area (Å²) < 4.78 is 17.6. The Morgan fingerprint density at radius 3 is 2.69 bits per heavy atom. The molecular weight excluding hydrogens is 371 g/mol. The highest BCUT2D eigenvalue weighted by molar-refractivity contribution is 5.97. The number of carbonyl (C=O) groups is 1. The molecule has 0 spiro atoms. The zero-order valence-electron chi connectivity index (χ0n) is 16.0. The van der Waals surface area contributed by atoms with Crippen molar-refractivity contribution < 1.29 is 9.18 Å². The van der Waals surface area contributed by atoms with Gasteiger partial charge in [-0.3, -0.25) is 4.79 Å². The van der Waals surface area contributed by atoms with Crippen molar-refractivity contribution in [2.24, 2.45) is 0 Å². The van der Waals surface area contributed by atoms with Crippen molar-refractivity contribution in [2.45, 2.75) is 19.9 Å². The Hall–Kier alpha value is -3.81. The highest BCUT2D eigenvalue weighted by Gasteiger charge is 2.18. The third-order valence-corrected chi connectivity index (χ3v) is 4.53. The average Bonchev–Trinajstić information content (AvgIpc) is 3.40. The van der Waals surface area contributed by atoms with E-state index in [2.05, 4.69) is 20.5 Å². The molecule has 0 saturated heterocycles. The number of rotatable bonds is 5. The summed E-state index contributed by atoms with van der Waals surface area (Å²) in [6.45, 7) is 3.69. The van der Waals surface area contributed by atoms with Gasteiger partial charge in [0.15, 0.2) is 5.82 Å². The van der Waals surface area contributed by atoms with E-state index in [1.807, 2.05) is 6.92 Å². The second-order valence-electron chi connectivity index (χ2n) is 6.69. The summed E-state index contributed by atoms with van der Waals surface area (Å²) >= 11 is 0. The molecule has 29 heavy (non-hydrogen) atoms. The summed E-state index contributed by atoms with van der Waals surface area (Å²) in [5.41, 5.74) is 2.33. The van der Waals surface area contributed by atoms with Gasteiger partial charge in [0.2, 0.25) is 0 Å². The van der Waals surface area contributed by atoms with Crippen LogP contribution in [0.4, 0.5) is 4.39 Å². The van der Waals surface area contributed by atoms with Crippen LogP contribution in [0.5, 0.6) is 0 Å². The van der Waals surface area contributed by atoms with E-state index in [0.717, 1.165) is 5.56 Å². The van der Waals surface area contributed by atoms with Crippen LogP contribution in [0.1, 0.15) is 34.5 Å². The maximum absolute atomic E-state index is 14.6. The zero-order chi connectivity index (χ0) is 20.4. The summed E-state index contributed by atoms with van der Waals surface area (Å²) in [7, 11) is 0. The monoisotopic (exact) mass is 390 g/mol. The van der Waals surface area contributed by atoms with Crippen LogP contribution in [-0.2, 0) is 0 Å². The molecule has 3 aromatic heterocycles. The molecule has 3 heterocycles. The van der Waals surface area contributed by atoms with E-state index in [1.165, 1.54) is 15.4 Å². The zero-order valence-corrected chi connectivity index (χ0v) is 16.0. The summed E-state index contributed by atoms with van der Waals surface area (Å²) in [5.74, 6) is -0.300. The fraction of sp³-hybridized carbons (Fsp3) is 0.143. The number of amides is 1. The van der Waals surface area contributed by atoms with Gasteiger partial charge in [0.1, 0.15) is 11.5 Å². The first-order valence-corrected chi connectivity index (χ1v) is 9.10. The molecule has 8 heteroatoms. The molecule has 1 amide bonds. The maximum atomic E-state index is 14.6. The summed E-state index contributed by atoms with van der Waals surface area (Å²) in [4.78, 5) is 17.1. The Labute approximate surface area is 166 Å². The van der Waals surface area contributed by atoms with E-state index in [1.54, 1.807) is 68.2 Å². The molecule has 1 N–H and O–H groups in total. The standard InChI is InChI=1S/C21H19FN6O/c1-14-12-25-28(13-14)19-7-6-16(11-18(19)22)15(2)26-21(29)17-5-3-8-23-20(17)27-10-4-9-24-27/h3-13,15H,1-2H3,(H,26,29). The molecule has 7 nitrogen and oxygen atoms in total. The van der Waals surface area contributed by atoms with Crippen molar-refractivity contribution in [3.8, 4) is 11.5 Å².